The van der Waals surface area contributed by atoms with Gasteiger partial charge in [0.05, 0.1) is 6.04 Å². The monoisotopic (exact) mass is 390 g/mol. The van der Waals surface area contributed by atoms with E-state index in [0.717, 1.165) is 16.7 Å². The maximum absolute atomic E-state index is 13.2. The quantitative estimate of drug-likeness (QED) is 0.401. The first-order chi connectivity index (χ1) is 12.9. The zero-order chi connectivity index (χ0) is 19.8. The molecule has 0 saturated carbocycles. The van der Waals surface area contributed by atoms with Crippen molar-refractivity contribution in [1.29, 1.82) is 0 Å². The van der Waals surface area contributed by atoms with Gasteiger partial charge in [-0.15, -0.1) is 10.1 Å². The molecular formula is C18H16ClFN4O3. The van der Waals surface area contributed by atoms with Gasteiger partial charge in [-0.1, -0.05) is 35.9 Å². The molecule has 3 aromatic rings. The molecule has 0 radical (unpaired) electrons. The molecule has 9 heteroatoms. The number of aromatic nitrogens is 3. The zero-order valence-electron chi connectivity index (χ0n) is 14.2. The molecule has 0 spiro atoms. The molecular weight excluding hydrogens is 375 g/mol. The molecule has 27 heavy (non-hydrogen) atoms. The second kappa shape index (κ2) is 9.44. The number of nitrogens with zero attached hydrogens (tertiary/aromatic N) is 4. The predicted molar refractivity (Wildman–Crippen MR) is 99.2 cm³/mol. The van der Waals surface area contributed by atoms with Gasteiger partial charge in [0.2, 0.25) is 0 Å². The lowest BCUT2D eigenvalue weighted by molar-refractivity contribution is -0.742. The number of rotatable bonds is 4. The Bertz CT molecular complexity index is 893. The molecule has 0 saturated heterocycles. The van der Waals surface area contributed by atoms with Crippen molar-refractivity contribution >= 4 is 23.3 Å². The molecule has 140 valence electrons. The van der Waals surface area contributed by atoms with Gasteiger partial charge < -0.3 is 5.21 Å². The van der Waals surface area contributed by atoms with Crippen LogP contribution in [0, 0.1) is 15.9 Å². The Morgan fingerprint density at radius 1 is 1.26 bits per heavy atom. The van der Waals surface area contributed by atoms with Crippen LogP contribution in [0.5, 0.6) is 0 Å². The average molecular weight is 391 g/mol. The van der Waals surface area contributed by atoms with E-state index in [9.17, 15) is 4.39 Å². The normalized spacial score (nSPS) is 12.0. The Hall–Kier alpha value is -3.26. The van der Waals surface area contributed by atoms with E-state index in [1.807, 2.05) is 31.2 Å². The topological polar surface area (TPSA) is 94.1 Å². The molecule has 1 N–H and O–H groups in total. The van der Waals surface area contributed by atoms with Crippen LogP contribution in [-0.4, -0.2) is 25.1 Å². The van der Waals surface area contributed by atoms with Crippen molar-refractivity contribution < 1.29 is 14.7 Å². The second-order valence-electron chi connectivity index (χ2n) is 5.45. The van der Waals surface area contributed by atoms with Gasteiger partial charge in [-0.25, -0.2) is 14.1 Å². The number of hydrogen-bond donors (Lipinski definition) is 1. The summed E-state index contributed by atoms with van der Waals surface area (Å²) in [6.07, 6.45) is 5.22. The summed E-state index contributed by atoms with van der Waals surface area (Å²) in [5, 5.41) is 18.5. The Labute approximate surface area is 159 Å². The summed E-state index contributed by atoms with van der Waals surface area (Å²) in [5.74, 6) is -0.256. The summed E-state index contributed by atoms with van der Waals surface area (Å²) in [6.45, 7) is 2.03. The van der Waals surface area contributed by atoms with Gasteiger partial charge in [-0.05, 0) is 54.0 Å². The summed E-state index contributed by atoms with van der Waals surface area (Å²) in [4.78, 5) is 12.4. The fraction of sp³-hybridized carbons (Fsp3) is 0.111. The Morgan fingerprint density at radius 3 is 2.37 bits per heavy atom. The minimum absolute atomic E-state index is 0.0429. The number of halogens is 2. The van der Waals surface area contributed by atoms with Crippen molar-refractivity contribution in [3.63, 3.8) is 0 Å². The average Bonchev–Trinajstić information content (AvgIpc) is 3.16. The van der Waals surface area contributed by atoms with Crippen LogP contribution in [0.25, 0.3) is 11.6 Å². The van der Waals surface area contributed by atoms with Crippen molar-refractivity contribution in [1.82, 2.24) is 14.8 Å². The van der Waals surface area contributed by atoms with Crippen molar-refractivity contribution in [2.75, 3.05) is 0 Å². The van der Waals surface area contributed by atoms with E-state index in [-0.39, 0.29) is 11.9 Å². The molecule has 1 heterocycles. The maximum atomic E-state index is 13.2. The molecule has 0 fully saturated rings. The van der Waals surface area contributed by atoms with Crippen LogP contribution in [0.2, 0.25) is 5.02 Å². The summed E-state index contributed by atoms with van der Waals surface area (Å²) in [6, 6.07) is 14.0. The summed E-state index contributed by atoms with van der Waals surface area (Å²) >= 11 is 5.94. The first kappa shape index (κ1) is 20.1. The molecule has 0 bridgehead atoms. The molecule has 2 aromatic carbocycles. The van der Waals surface area contributed by atoms with Gasteiger partial charge in [-0.3, -0.25) is 0 Å². The molecule has 0 aliphatic heterocycles. The molecule has 3 rings (SSSR count). The van der Waals surface area contributed by atoms with Crippen LogP contribution in [0.4, 0.5) is 4.39 Å². The van der Waals surface area contributed by atoms with E-state index in [1.54, 1.807) is 23.1 Å². The van der Waals surface area contributed by atoms with Gasteiger partial charge in [0.15, 0.2) is 0 Å². The lowest BCUT2D eigenvalue weighted by Crippen LogP contribution is -2.08. The number of allylic oxidation sites excluding steroid dienone is 1. The van der Waals surface area contributed by atoms with Gasteiger partial charge in [0, 0.05) is 5.02 Å². The van der Waals surface area contributed by atoms with E-state index >= 15 is 0 Å². The Kier molecular flexibility index (Phi) is 7.01. The number of benzene rings is 2. The largest absolute Gasteiger partial charge is 0.328 e. The Morgan fingerprint density at radius 2 is 1.85 bits per heavy atom. The van der Waals surface area contributed by atoms with Crippen molar-refractivity contribution in [2.45, 2.75) is 13.0 Å². The third kappa shape index (κ3) is 6.19. The van der Waals surface area contributed by atoms with E-state index in [1.165, 1.54) is 18.5 Å². The SMILES string of the molecule is CC(/C(=C/c1ccc(Cl)cc1)c1ccc(F)cc1)n1cncn1.O=[N+]([O-])O. The molecule has 1 unspecified atom stereocenters. The standard InChI is InChI=1S/C18H15ClFN3.HNO3/c1-13(23-12-21-11-22-23)18(15-4-8-17(20)9-5-15)10-14-2-6-16(19)7-3-14;2-1(3)4/h2-13H,1H3;(H,2,3,4)/b18-10-;. The minimum atomic E-state index is -1.50. The smallest absolute Gasteiger partial charge is 0.291 e. The molecule has 0 amide bonds. The first-order valence-corrected chi connectivity index (χ1v) is 8.15. The summed E-state index contributed by atoms with van der Waals surface area (Å²) in [5.41, 5.74) is 2.96. The van der Waals surface area contributed by atoms with Gasteiger partial charge in [0.25, 0.3) is 5.09 Å². The van der Waals surface area contributed by atoms with E-state index in [0.29, 0.717) is 5.02 Å². The van der Waals surface area contributed by atoms with E-state index < -0.39 is 5.09 Å². The van der Waals surface area contributed by atoms with Crippen LogP contribution in [0.15, 0.2) is 61.2 Å². The lowest BCUT2D eigenvalue weighted by atomic mass is 9.97. The molecule has 0 aliphatic rings. The van der Waals surface area contributed by atoms with Gasteiger partial charge >= 0.3 is 0 Å². The number of hydrogen-bond acceptors (Lipinski definition) is 4. The third-order valence-electron chi connectivity index (χ3n) is 3.65. The second-order valence-corrected chi connectivity index (χ2v) is 5.88. The third-order valence-corrected chi connectivity index (χ3v) is 3.91. The van der Waals surface area contributed by atoms with Crippen molar-refractivity contribution in [3.05, 3.63) is 93.3 Å². The highest BCUT2D eigenvalue weighted by Crippen LogP contribution is 2.29. The fourth-order valence-corrected chi connectivity index (χ4v) is 2.51. The van der Waals surface area contributed by atoms with Crippen LogP contribution in [-0.2, 0) is 0 Å². The van der Waals surface area contributed by atoms with Crippen molar-refractivity contribution in [3.8, 4) is 0 Å². The Balaban J connectivity index is 0.000000596. The zero-order valence-corrected chi connectivity index (χ0v) is 15.0. The van der Waals surface area contributed by atoms with Gasteiger partial charge in [-0.2, -0.15) is 5.10 Å². The molecule has 1 atom stereocenters. The summed E-state index contributed by atoms with van der Waals surface area (Å²) in [7, 11) is 0. The van der Waals surface area contributed by atoms with Crippen LogP contribution < -0.4 is 0 Å². The van der Waals surface area contributed by atoms with Crippen LogP contribution in [0.3, 0.4) is 0 Å². The van der Waals surface area contributed by atoms with Crippen LogP contribution >= 0.6 is 11.6 Å². The molecule has 1 aromatic heterocycles. The van der Waals surface area contributed by atoms with Crippen LogP contribution in [0.1, 0.15) is 24.1 Å². The first-order valence-electron chi connectivity index (χ1n) is 7.77. The molecule has 7 nitrogen and oxygen atoms in total. The fourth-order valence-electron chi connectivity index (χ4n) is 2.39. The minimum Gasteiger partial charge on any atom is -0.328 e. The molecule has 0 aliphatic carbocycles. The van der Waals surface area contributed by atoms with E-state index in [2.05, 4.69) is 16.2 Å². The predicted octanol–water partition coefficient (Wildman–Crippen LogP) is 4.52. The highest BCUT2D eigenvalue weighted by atomic mass is 35.5. The highest BCUT2D eigenvalue weighted by Gasteiger charge is 2.14. The maximum Gasteiger partial charge on any atom is 0.291 e. The van der Waals surface area contributed by atoms with Gasteiger partial charge in [0.1, 0.15) is 18.5 Å². The van der Waals surface area contributed by atoms with Crippen molar-refractivity contribution in [2.24, 2.45) is 0 Å². The lowest BCUT2D eigenvalue weighted by Gasteiger charge is -2.17. The summed E-state index contributed by atoms with van der Waals surface area (Å²) < 4.78 is 15.0. The highest BCUT2D eigenvalue weighted by molar-refractivity contribution is 6.30. The van der Waals surface area contributed by atoms with E-state index in [4.69, 9.17) is 26.9 Å².